The van der Waals surface area contributed by atoms with Crippen molar-refractivity contribution in [3.63, 3.8) is 0 Å². The SMILES string of the molecule is COC(CN)CC(=O)NC1CCOc2ccccc21.Cl. The smallest absolute Gasteiger partial charge is 0.223 e. The van der Waals surface area contributed by atoms with Crippen LogP contribution in [0.2, 0.25) is 0 Å². The Morgan fingerprint density at radius 1 is 1.55 bits per heavy atom. The zero-order valence-electron chi connectivity index (χ0n) is 11.5. The summed E-state index contributed by atoms with van der Waals surface area (Å²) in [4.78, 5) is 12.0. The van der Waals surface area contributed by atoms with E-state index in [-0.39, 0.29) is 36.9 Å². The first-order valence-electron chi connectivity index (χ1n) is 6.48. The van der Waals surface area contributed by atoms with Gasteiger partial charge in [-0.1, -0.05) is 18.2 Å². The molecule has 1 heterocycles. The maximum atomic E-state index is 12.0. The number of fused-ring (bicyclic) bond motifs is 1. The van der Waals surface area contributed by atoms with Crippen LogP contribution in [0.15, 0.2) is 24.3 Å². The van der Waals surface area contributed by atoms with Crippen LogP contribution in [-0.2, 0) is 9.53 Å². The molecule has 2 atom stereocenters. The molecule has 1 aliphatic rings. The highest BCUT2D eigenvalue weighted by molar-refractivity contribution is 5.85. The van der Waals surface area contributed by atoms with Crippen molar-refractivity contribution in [2.24, 2.45) is 5.73 Å². The Labute approximate surface area is 125 Å². The van der Waals surface area contributed by atoms with Crippen molar-refractivity contribution < 1.29 is 14.3 Å². The maximum Gasteiger partial charge on any atom is 0.223 e. The number of para-hydroxylation sites is 1. The number of carbonyl (C=O) groups excluding carboxylic acids is 1. The minimum Gasteiger partial charge on any atom is -0.493 e. The number of nitrogens with one attached hydrogen (secondary N) is 1. The van der Waals surface area contributed by atoms with Crippen LogP contribution < -0.4 is 15.8 Å². The monoisotopic (exact) mass is 300 g/mol. The van der Waals surface area contributed by atoms with E-state index in [2.05, 4.69) is 5.32 Å². The zero-order valence-corrected chi connectivity index (χ0v) is 12.3. The van der Waals surface area contributed by atoms with E-state index in [1.54, 1.807) is 7.11 Å². The van der Waals surface area contributed by atoms with Crippen molar-refractivity contribution in [2.75, 3.05) is 20.3 Å². The van der Waals surface area contributed by atoms with Crippen molar-refractivity contribution >= 4 is 18.3 Å². The number of carbonyl (C=O) groups is 1. The third-order valence-electron chi connectivity index (χ3n) is 3.30. The quantitative estimate of drug-likeness (QED) is 0.862. The van der Waals surface area contributed by atoms with Crippen LogP contribution in [0.4, 0.5) is 0 Å². The van der Waals surface area contributed by atoms with Crippen LogP contribution in [0.1, 0.15) is 24.4 Å². The highest BCUT2D eigenvalue weighted by Gasteiger charge is 2.23. The second kappa shape index (κ2) is 8.09. The Morgan fingerprint density at radius 3 is 3.00 bits per heavy atom. The van der Waals surface area contributed by atoms with Gasteiger partial charge in [0.1, 0.15) is 5.75 Å². The molecule has 0 radical (unpaired) electrons. The molecular weight excluding hydrogens is 280 g/mol. The van der Waals surface area contributed by atoms with Crippen LogP contribution in [0.3, 0.4) is 0 Å². The van der Waals surface area contributed by atoms with Gasteiger partial charge < -0.3 is 20.5 Å². The fourth-order valence-corrected chi connectivity index (χ4v) is 2.21. The number of hydrogen-bond acceptors (Lipinski definition) is 4. The van der Waals surface area contributed by atoms with Crippen molar-refractivity contribution in [3.8, 4) is 5.75 Å². The first kappa shape index (κ1) is 16.8. The molecule has 1 amide bonds. The van der Waals surface area contributed by atoms with Crippen LogP contribution in [0.5, 0.6) is 5.75 Å². The van der Waals surface area contributed by atoms with E-state index in [0.717, 1.165) is 17.7 Å². The summed E-state index contributed by atoms with van der Waals surface area (Å²) in [6, 6.07) is 7.79. The molecule has 3 N–H and O–H groups in total. The fourth-order valence-electron chi connectivity index (χ4n) is 2.21. The molecule has 112 valence electrons. The molecule has 1 aromatic carbocycles. The van der Waals surface area contributed by atoms with Gasteiger partial charge in [0.2, 0.25) is 5.91 Å². The fraction of sp³-hybridized carbons (Fsp3) is 0.500. The van der Waals surface area contributed by atoms with Crippen molar-refractivity contribution in [1.29, 1.82) is 0 Å². The first-order chi connectivity index (χ1) is 9.24. The average molecular weight is 301 g/mol. The van der Waals surface area contributed by atoms with Crippen molar-refractivity contribution in [3.05, 3.63) is 29.8 Å². The molecule has 0 fully saturated rings. The van der Waals surface area contributed by atoms with E-state index in [4.69, 9.17) is 15.2 Å². The zero-order chi connectivity index (χ0) is 13.7. The summed E-state index contributed by atoms with van der Waals surface area (Å²) in [5.74, 6) is 0.806. The number of hydrogen-bond donors (Lipinski definition) is 2. The minimum absolute atomic E-state index is 0. The van der Waals surface area contributed by atoms with Crippen LogP contribution in [-0.4, -0.2) is 32.3 Å². The van der Waals surface area contributed by atoms with E-state index in [0.29, 0.717) is 13.2 Å². The molecule has 0 saturated heterocycles. The molecule has 0 spiro atoms. The summed E-state index contributed by atoms with van der Waals surface area (Å²) in [5.41, 5.74) is 6.55. The van der Waals surface area contributed by atoms with Gasteiger partial charge in [-0.25, -0.2) is 0 Å². The molecule has 2 rings (SSSR count). The van der Waals surface area contributed by atoms with E-state index >= 15 is 0 Å². The van der Waals surface area contributed by atoms with E-state index in [9.17, 15) is 4.79 Å². The largest absolute Gasteiger partial charge is 0.493 e. The third kappa shape index (κ3) is 4.10. The lowest BCUT2D eigenvalue weighted by molar-refractivity contribution is -0.124. The Kier molecular flexibility index (Phi) is 6.78. The molecule has 0 bridgehead atoms. The molecule has 0 aromatic heterocycles. The predicted octanol–water partition coefficient (Wildman–Crippen LogP) is 1.41. The predicted molar refractivity (Wildman–Crippen MR) is 79.2 cm³/mol. The lowest BCUT2D eigenvalue weighted by atomic mass is 10.0. The highest BCUT2D eigenvalue weighted by Crippen LogP contribution is 2.31. The van der Waals surface area contributed by atoms with Gasteiger partial charge in [-0.2, -0.15) is 0 Å². The number of rotatable bonds is 5. The Bertz CT molecular complexity index is 438. The molecule has 1 aromatic rings. The topological polar surface area (TPSA) is 73.6 Å². The standard InChI is InChI=1S/C14H20N2O3.ClH/c1-18-10(9-15)8-14(17)16-12-6-7-19-13-5-3-2-4-11(12)13;/h2-5,10,12H,6-9,15H2,1H3,(H,16,17);1H. The van der Waals surface area contributed by atoms with Crippen LogP contribution in [0.25, 0.3) is 0 Å². The molecule has 0 saturated carbocycles. The summed E-state index contributed by atoms with van der Waals surface area (Å²) in [7, 11) is 1.56. The Morgan fingerprint density at radius 2 is 2.30 bits per heavy atom. The van der Waals surface area contributed by atoms with E-state index < -0.39 is 0 Å². The number of amides is 1. The molecule has 6 heteroatoms. The van der Waals surface area contributed by atoms with Crippen molar-refractivity contribution in [2.45, 2.75) is 25.0 Å². The molecule has 2 unspecified atom stereocenters. The summed E-state index contributed by atoms with van der Waals surface area (Å²) < 4.78 is 10.7. The molecule has 5 nitrogen and oxygen atoms in total. The number of methoxy groups -OCH3 is 1. The number of ether oxygens (including phenoxy) is 2. The highest BCUT2D eigenvalue weighted by atomic mass is 35.5. The van der Waals surface area contributed by atoms with Gasteiger partial charge >= 0.3 is 0 Å². The normalized spacial score (nSPS) is 18.2. The summed E-state index contributed by atoms with van der Waals surface area (Å²) in [5, 5.41) is 3.02. The van der Waals surface area contributed by atoms with Gasteiger partial charge in [0.15, 0.2) is 0 Å². The van der Waals surface area contributed by atoms with Gasteiger partial charge in [0, 0.05) is 25.6 Å². The molecule has 1 aliphatic heterocycles. The number of halogens is 1. The second-order valence-electron chi connectivity index (χ2n) is 4.59. The van der Waals surface area contributed by atoms with E-state index in [1.165, 1.54) is 0 Å². The van der Waals surface area contributed by atoms with Gasteiger partial charge in [0.25, 0.3) is 0 Å². The number of nitrogens with two attached hydrogens (primary N) is 1. The van der Waals surface area contributed by atoms with Gasteiger partial charge in [-0.15, -0.1) is 12.4 Å². The lowest BCUT2D eigenvalue weighted by Crippen LogP contribution is -2.36. The van der Waals surface area contributed by atoms with Gasteiger partial charge in [-0.05, 0) is 6.07 Å². The molecule has 20 heavy (non-hydrogen) atoms. The third-order valence-corrected chi connectivity index (χ3v) is 3.30. The van der Waals surface area contributed by atoms with Gasteiger partial charge in [-0.3, -0.25) is 4.79 Å². The Hall–Kier alpha value is -1.30. The lowest BCUT2D eigenvalue weighted by Gasteiger charge is -2.27. The van der Waals surface area contributed by atoms with Gasteiger partial charge in [0.05, 0.1) is 25.2 Å². The summed E-state index contributed by atoms with van der Waals surface area (Å²) in [6.45, 7) is 0.959. The number of benzene rings is 1. The second-order valence-corrected chi connectivity index (χ2v) is 4.59. The summed E-state index contributed by atoms with van der Waals surface area (Å²) >= 11 is 0. The molecular formula is C14H21ClN2O3. The maximum absolute atomic E-state index is 12.0. The van der Waals surface area contributed by atoms with Crippen LogP contribution >= 0.6 is 12.4 Å². The average Bonchev–Trinajstić information content (AvgIpc) is 2.45. The van der Waals surface area contributed by atoms with Crippen LogP contribution in [0, 0.1) is 0 Å². The Balaban J connectivity index is 0.00000200. The molecule has 0 aliphatic carbocycles. The minimum atomic E-state index is -0.227. The van der Waals surface area contributed by atoms with Crippen molar-refractivity contribution in [1.82, 2.24) is 5.32 Å². The van der Waals surface area contributed by atoms with E-state index in [1.807, 2.05) is 24.3 Å². The summed E-state index contributed by atoms with van der Waals surface area (Å²) in [6.07, 6.45) is 0.838. The first-order valence-corrected chi connectivity index (χ1v) is 6.48.